The van der Waals surface area contributed by atoms with Crippen molar-refractivity contribution in [1.82, 2.24) is 25.4 Å². The van der Waals surface area contributed by atoms with E-state index in [2.05, 4.69) is 25.8 Å². The minimum Gasteiger partial charge on any atom is -0.350 e. The van der Waals surface area contributed by atoms with Gasteiger partial charge < -0.3 is 15.2 Å². The van der Waals surface area contributed by atoms with Gasteiger partial charge in [0, 0.05) is 13.6 Å². The average molecular weight is 322 g/mol. The van der Waals surface area contributed by atoms with Crippen molar-refractivity contribution in [3.05, 3.63) is 47.5 Å². The third-order valence-corrected chi connectivity index (χ3v) is 3.47. The summed E-state index contributed by atoms with van der Waals surface area (Å²) in [5, 5.41) is 14.1. The zero-order chi connectivity index (χ0) is 16.8. The van der Waals surface area contributed by atoms with E-state index in [0.29, 0.717) is 18.1 Å². The predicted molar refractivity (Wildman–Crippen MR) is 83.8 cm³/mol. The number of halogens is 2. The van der Waals surface area contributed by atoms with Gasteiger partial charge in [0.25, 0.3) is 0 Å². The van der Waals surface area contributed by atoms with Crippen LogP contribution in [0.2, 0.25) is 0 Å². The van der Waals surface area contributed by atoms with E-state index in [-0.39, 0.29) is 6.04 Å². The average Bonchev–Trinajstić information content (AvgIpc) is 3.01. The molecule has 1 aromatic heterocycles. The lowest BCUT2D eigenvalue weighted by Gasteiger charge is -2.18. The standard InChI is InChI=1S/C15H20F2N6/c1-4-23-9-20-22-14(23)8-19-15(18-3)21-10(2)11-5-6-12(16)13(17)7-11/h5-7,9-10H,4,8H2,1-3H3,(H2,18,19,21). The lowest BCUT2D eigenvalue weighted by atomic mass is 10.1. The van der Waals surface area contributed by atoms with E-state index in [1.807, 2.05) is 18.4 Å². The van der Waals surface area contributed by atoms with Crippen LogP contribution in [0.4, 0.5) is 8.78 Å². The molecule has 0 aliphatic carbocycles. The molecule has 0 aliphatic rings. The highest BCUT2D eigenvalue weighted by Crippen LogP contribution is 2.15. The van der Waals surface area contributed by atoms with E-state index >= 15 is 0 Å². The molecule has 0 spiro atoms. The number of benzene rings is 1. The van der Waals surface area contributed by atoms with Gasteiger partial charge in [-0.15, -0.1) is 10.2 Å². The monoisotopic (exact) mass is 322 g/mol. The summed E-state index contributed by atoms with van der Waals surface area (Å²) in [5.41, 5.74) is 0.628. The summed E-state index contributed by atoms with van der Waals surface area (Å²) < 4.78 is 28.2. The molecule has 0 saturated heterocycles. The van der Waals surface area contributed by atoms with E-state index in [1.165, 1.54) is 12.1 Å². The zero-order valence-corrected chi connectivity index (χ0v) is 13.3. The first-order valence-corrected chi connectivity index (χ1v) is 7.34. The quantitative estimate of drug-likeness (QED) is 0.653. The minimum absolute atomic E-state index is 0.236. The summed E-state index contributed by atoms with van der Waals surface area (Å²) >= 11 is 0. The molecule has 6 nitrogen and oxygen atoms in total. The van der Waals surface area contributed by atoms with Crippen molar-refractivity contribution in [2.24, 2.45) is 4.99 Å². The van der Waals surface area contributed by atoms with Crippen LogP contribution in [0, 0.1) is 11.6 Å². The Hall–Kier alpha value is -2.51. The van der Waals surface area contributed by atoms with Gasteiger partial charge in [-0.3, -0.25) is 4.99 Å². The first-order valence-electron chi connectivity index (χ1n) is 7.34. The van der Waals surface area contributed by atoms with E-state index in [0.717, 1.165) is 18.4 Å². The molecule has 8 heteroatoms. The predicted octanol–water partition coefficient (Wildman–Crippen LogP) is 2.00. The molecule has 1 unspecified atom stereocenters. The Morgan fingerprint density at radius 3 is 2.78 bits per heavy atom. The molecule has 0 aliphatic heterocycles. The number of rotatable bonds is 5. The normalized spacial score (nSPS) is 13.0. The van der Waals surface area contributed by atoms with Gasteiger partial charge in [0.15, 0.2) is 23.4 Å². The number of hydrogen-bond acceptors (Lipinski definition) is 3. The van der Waals surface area contributed by atoms with Gasteiger partial charge in [0.05, 0.1) is 12.6 Å². The SMILES string of the molecule is CCn1cnnc1CNC(=NC)NC(C)c1ccc(F)c(F)c1. The molecule has 23 heavy (non-hydrogen) atoms. The highest BCUT2D eigenvalue weighted by Gasteiger charge is 2.11. The molecule has 2 aromatic rings. The summed E-state index contributed by atoms with van der Waals surface area (Å²) in [7, 11) is 1.64. The third-order valence-electron chi connectivity index (χ3n) is 3.47. The number of nitrogens with zero attached hydrogens (tertiary/aromatic N) is 4. The second-order valence-electron chi connectivity index (χ2n) is 5.00. The lowest BCUT2D eigenvalue weighted by Crippen LogP contribution is -2.38. The number of hydrogen-bond donors (Lipinski definition) is 2. The van der Waals surface area contributed by atoms with Gasteiger partial charge in [-0.2, -0.15) is 0 Å². The van der Waals surface area contributed by atoms with E-state index < -0.39 is 11.6 Å². The van der Waals surface area contributed by atoms with Crippen LogP contribution in [0.1, 0.15) is 31.3 Å². The number of guanidine groups is 1. The number of nitrogens with one attached hydrogen (secondary N) is 2. The molecule has 1 atom stereocenters. The highest BCUT2D eigenvalue weighted by atomic mass is 19.2. The van der Waals surface area contributed by atoms with Crippen molar-refractivity contribution in [2.75, 3.05) is 7.05 Å². The molecule has 0 fully saturated rings. The number of aromatic nitrogens is 3. The van der Waals surface area contributed by atoms with Crippen molar-refractivity contribution in [1.29, 1.82) is 0 Å². The summed E-state index contributed by atoms with van der Waals surface area (Å²) in [5.74, 6) is -0.402. The van der Waals surface area contributed by atoms with Crippen molar-refractivity contribution < 1.29 is 8.78 Å². The fraction of sp³-hybridized carbons (Fsp3) is 0.400. The smallest absolute Gasteiger partial charge is 0.191 e. The van der Waals surface area contributed by atoms with Gasteiger partial charge in [0.1, 0.15) is 6.33 Å². The van der Waals surface area contributed by atoms with Crippen LogP contribution in [0.5, 0.6) is 0 Å². The molecular formula is C15H20F2N6. The number of aryl methyl sites for hydroxylation is 1. The minimum atomic E-state index is -0.866. The van der Waals surface area contributed by atoms with Crippen molar-refractivity contribution in [3.63, 3.8) is 0 Å². The van der Waals surface area contributed by atoms with Crippen molar-refractivity contribution >= 4 is 5.96 Å². The lowest BCUT2D eigenvalue weighted by molar-refractivity contribution is 0.504. The van der Waals surface area contributed by atoms with Crippen LogP contribution in [0.25, 0.3) is 0 Å². The first kappa shape index (κ1) is 16.9. The van der Waals surface area contributed by atoms with Gasteiger partial charge in [0.2, 0.25) is 0 Å². The van der Waals surface area contributed by atoms with Gasteiger partial charge in [-0.25, -0.2) is 8.78 Å². The molecule has 0 amide bonds. The third kappa shape index (κ3) is 4.24. The maximum absolute atomic E-state index is 13.3. The molecule has 1 aromatic carbocycles. The van der Waals surface area contributed by atoms with Crippen LogP contribution >= 0.6 is 0 Å². The van der Waals surface area contributed by atoms with Gasteiger partial charge in [-0.05, 0) is 31.5 Å². The van der Waals surface area contributed by atoms with Crippen LogP contribution in [-0.2, 0) is 13.1 Å². The van der Waals surface area contributed by atoms with Crippen LogP contribution in [0.15, 0.2) is 29.5 Å². The molecule has 0 bridgehead atoms. The van der Waals surface area contributed by atoms with Crippen LogP contribution in [-0.4, -0.2) is 27.8 Å². The Morgan fingerprint density at radius 2 is 2.13 bits per heavy atom. The fourth-order valence-electron chi connectivity index (χ4n) is 2.11. The largest absolute Gasteiger partial charge is 0.350 e. The Labute approximate surface area is 133 Å². The van der Waals surface area contributed by atoms with Crippen LogP contribution in [0.3, 0.4) is 0 Å². The Morgan fingerprint density at radius 1 is 1.35 bits per heavy atom. The van der Waals surface area contributed by atoms with Gasteiger partial charge in [-0.1, -0.05) is 6.07 Å². The maximum Gasteiger partial charge on any atom is 0.191 e. The van der Waals surface area contributed by atoms with Gasteiger partial charge >= 0.3 is 0 Å². The van der Waals surface area contributed by atoms with E-state index in [4.69, 9.17) is 0 Å². The van der Waals surface area contributed by atoms with E-state index in [1.54, 1.807) is 13.4 Å². The summed E-state index contributed by atoms with van der Waals surface area (Å²) in [4.78, 5) is 4.12. The van der Waals surface area contributed by atoms with E-state index in [9.17, 15) is 8.78 Å². The molecule has 1 heterocycles. The molecule has 0 radical (unpaired) electrons. The highest BCUT2D eigenvalue weighted by molar-refractivity contribution is 5.80. The second kappa shape index (κ2) is 7.66. The molecule has 2 N–H and O–H groups in total. The second-order valence-corrected chi connectivity index (χ2v) is 5.00. The topological polar surface area (TPSA) is 67.1 Å². The summed E-state index contributed by atoms with van der Waals surface area (Å²) in [6.07, 6.45) is 1.66. The first-order chi connectivity index (χ1) is 11.0. The fourth-order valence-corrected chi connectivity index (χ4v) is 2.11. The maximum atomic E-state index is 13.3. The Kier molecular flexibility index (Phi) is 5.61. The Bertz CT molecular complexity index is 682. The molecule has 2 rings (SSSR count). The van der Waals surface area contributed by atoms with Crippen molar-refractivity contribution in [2.45, 2.75) is 33.0 Å². The zero-order valence-electron chi connectivity index (χ0n) is 13.3. The molecular weight excluding hydrogens is 302 g/mol. The van der Waals surface area contributed by atoms with Crippen molar-refractivity contribution in [3.8, 4) is 0 Å². The summed E-state index contributed by atoms with van der Waals surface area (Å²) in [6.45, 7) is 5.08. The summed E-state index contributed by atoms with van der Waals surface area (Å²) in [6, 6.07) is 3.59. The van der Waals surface area contributed by atoms with Crippen LogP contribution < -0.4 is 10.6 Å². The molecule has 124 valence electrons. The molecule has 0 saturated carbocycles. The Balaban J connectivity index is 1.97. The number of aliphatic imine (C=N–C) groups is 1.